The Labute approximate surface area is 132 Å². The molecule has 0 bridgehead atoms. The third-order valence-electron chi connectivity index (χ3n) is 2.92. The molecule has 8 heteroatoms. The minimum Gasteiger partial charge on any atom is -0.346 e. The molecule has 0 aliphatic heterocycles. The molecule has 0 unspecified atom stereocenters. The van der Waals surface area contributed by atoms with Crippen molar-refractivity contribution in [2.75, 3.05) is 17.6 Å². The number of aromatic nitrogens is 3. The first-order valence-electron chi connectivity index (χ1n) is 6.67. The van der Waals surface area contributed by atoms with Crippen LogP contribution in [0.25, 0.3) is 0 Å². The zero-order valence-electron chi connectivity index (χ0n) is 12.3. The number of aromatic amines is 1. The van der Waals surface area contributed by atoms with Crippen molar-refractivity contribution >= 4 is 29.3 Å². The summed E-state index contributed by atoms with van der Waals surface area (Å²) in [4.78, 5) is 27.4. The van der Waals surface area contributed by atoms with Gasteiger partial charge in [0.25, 0.3) is 0 Å². The number of thioether (sulfide) groups is 1. The first-order chi connectivity index (χ1) is 10.6. The summed E-state index contributed by atoms with van der Waals surface area (Å²) in [6.07, 6.45) is 1.37. The van der Waals surface area contributed by atoms with E-state index in [0.29, 0.717) is 5.16 Å². The second-order valence-corrected chi connectivity index (χ2v) is 5.64. The molecular weight excluding hydrogens is 302 g/mol. The number of carbonyl (C=O) groups excluding carboxylic acids is 2. The average Bonchev–Trinajstić information content (AvgIpc) is 3.00. The minimum atomic E-state index is -0.254. The predicted molar refractivity (Wildman–Crippen MR) is 84.7 cm³/mol. The Hall–Kier alpha value is -2.35. The molecule has 0 fully saturated rings. The number of rotatable bonds is 6. The lowest BCUT2D eigenvalue weighted by atomic mass is 10.1. The van der Waals surface area contributed by atoms with Gasteiger partial charge in [0.1, 0.15) is 6.33 Å². The fourth-order valence-electron chi connectivity index (χ4n) is 1.82. The van der Waals surface area contributed by atoms with Crippen LogP contribution in [0.4, 0.5) is 5.69 Å². The summed E-state index contributed by atoms with van der Waals surface area (Å²) in [6, 6.07) is 5.78. The number of hydrogen-bond acceptors (Lipinski definition) is 5. The number of anilines is 1. The van der Waals surface area contributed by atoms with Crippen LogP contribution in [-0.2, 0) is 9.59 Å². The van der Waals surface area contributed by atoms with Gasteiger partial charge in [0.05, 0.1) is 12.3 Å². The van der Waals surface area contributed by atoms with Gasteiger partial charge >= 0.3 is 0 Å². The molecule has 116 valence electrons. The van der Waals surface area contributed by atoms with Crippen LogP contribution in [-0.4, -0.2) is 39.3 Å². The Bertz CT molecular complexity index is 637. The highest BCUT2D eigenvalue weighted by molar-refractivity contribution is 7.99. The highest BCUT2D eigenvalue weighted by Gasteiger charge is 2.09. The van der Waals surface area contributed by atoms with Crippen molar-refractivity contribution in [3.8, 4) is 0 Å². The Morgan fingerprint density at radius 1 is 1.23 bits per heavy atom. The quantitative estimate of drug-likeness (QED) is 0.696. The smallest absolute Gasteiger partial charge is 0.243 e. The van der Waals surface area contributed by atoms with Crippen LogP contribution in [0.3, 0.4) is 0 Å². The number of amides is 2. The Morgan fingerprint density at radius 2 is 1.95 bits per heavy atom. The summed E-state index contributed by atoms with van der Waals surface area (Å²) in [5.41, 5.74) is 2.76. The van der Waals surface area contributed by atoms with Gasteiger partial charge in [-0.15, -0.1) is 0 Å². The maximum atomic E-state index is 11.9. The maximum Gasteiger partial charge on any atom is 0.243 e. The number of hydrogen-bond donors (Lipinski definition) is 3. The molecule has 2 aromatic rings. The van der Waals surface area contributed by atoms with Crippen LogP contribution in [0.15, 0.2) is 29.7 Å². The predicted octanol–water partition coefficient (Wildman–Crippen LogP) is 1.27. The second kappa shape index (κ2) is 7.60. The lowest BCUT2D eigenvalue weighted by Crippen LogP contribution is -2.34. The monoisotopic (exact) mass is 319 g/mol. The highest BCUT2D eigenvalue weighted by atomic mass is 32.2. The van der Waals surface area contributed by atoms with Crippen molar-refractivity contribution in [1.29, 1.82) is 0 Å². The molecule has 0 aliphatic rings. The molecule has 2 amide bonds. The third-order valence-corrected chi connectivity index (χ3v) is 3.80. The van der Waals surface area contributed by atoms with Crippen LogP contribution in [0, 0.1) is 13.8 Å². The SMILES string of the molecule is Cc1cccc(C)c1NC(=O)CNC(=O)CSc1ncn[nH]1. The summed E-state index contributed by atoms with van der Waals surface area (Å²) >= 11 is 1.22. The van der Waals surface area contributed by atoms with Gasteiger partial charge in [-0.05, 0) is 25.0 Å². The molecule has 0 atom stereocenters. The summed E-state index contributed by atoms with van der Waals surface area (Å²) in [5.74, 6) is -0.320. The summed E-state index contributed by atoms with van der Waals surface area (Å²) < 4.78 is 0. The van der Waals surface area contributed by atoms with Gasteiger partial charge in [-0.3, -0.25) is 14.7 Å². The van der Waals surface area contributed by atoms with E-state index in [9.17, 15) is 9.59 Å². The first kappa shape index (κ1) is 16.0. The van der Waals surface area contributed by atoms with E-state index >= 15 is 0 Å². The molecule has 1 aromatic carbocycles. The van der Waals surface area contributed by atoms with E-state index in [1.807, 2.05) is 32.0 Å². The van der Waals surface area contributed by atoms with E-state index in [-0.39, 0.29) is 24.1 Å². The Balaban J connectivity index is 1.76. The topological polar surface area (TPSA) is 99.8 Å². The van der Waals surface area contributed by atoms with E-state index in [1.54, 1.807) is 0 Å². The van der Waals surface area contributed by atoms with Gasteiger partial charge in [-0.1, -0.05) is 30.0 Å². The standard InChI is InChI=1S/C14H17N5O2S/c1-9-4-3-5-10(2)13(9)18-11(20)6-15-12(21)7-22-14-16-8-17-19-14/h3-5,8H,6-7H2,1-2H3,(H,15,21)(H,18,20)(H,16,17,19). The van der Waals surface area contributed by atoms with E-state index in [4.69, 9.17) is 0 Å². The van der Waals surface area contributed by atoms with Crippen LogP contribution < -0.4 is 10.6 Å². The number of benzene rings is 1. The average molecular weight is 319 g/mol. The van der Waals surface area contributed by atoms with E-state index in [1.165, 1.54) is 18.1 Å². The van der Waals surface area contributed by atoms with Gasteiger partial charge in [-0.25, -0.2) is 4.98 Å². The number of nitrogens with zero attached hydrogens (tertiary/aromatic N) is 2. The van der Waals surface area contributed by atoms with Crippen LogP contribution in [0.1, 0.15) is 11.1 Å². The van der Waals surface area contributed by atoms with Crippen LogP contribution >= 0.6 is 11.8 Å². The zero-order chi connectivity index (χ0) is 15.9. The first-order valence-corrected chi connectivity index (χ1v) is 7.65. The van der Waals surface area contributed by atoms with Crippen LogP contribution in [0.5, 0.6) is 0 Å². The normalized spacial score (nSPS) is 10.3. The fourth-order valence-corrected chi connectivity index (χ4v) is 2.43. The van der Waals surface area contributed by atoms with Crippen molar-refractivity contribution in [3.05, 3.63) is 35.7 Å². The molecule has 1 heterocycles. The number of aryl methyl sites for hydroxylation is 2. The third kappa shape index (κ3) is 4.59. The van der Waals surface area contributed by atoms with Crippen molar-refractivity contribution in [3.63, 3.8) is 0 Å². The summed E-state index contributed by atoms with van der Waals surface area (Å²) in [6.45, 7) is 3.79. The minimum absolute atomic E-state index is 0.0659. The molecule has 0 aliphatic carbocycles. The second-order valence-electron chi connectivity index (χ2n) is 4.67. The molecule has 0 saturated heterocycles. The van der Waals surface area contributed by atoms with E-state index < -0.39 is 0 Å². The van der Waals surface area contributed by atoms with Crippen molar-refractivity contribution in [2.24, 2.45) is 0 Å². The highest BCUT2D eigenvalue weighted by Crippen LogP contribution is 2.19. The van der Waals surface area contributed by atoms with Crippen LogP contribution in [0.2, 0.25) is 0 Å². The fraction of sp³-hybridized carbons (Fsp3) is 0.286. The molecular formula is C14H17N5O2S. The molecule has 3 N–H and O–H groups in total. The number of nitrogens with one attached hydrogen (secondary N) is 3. The maximum absolute atomic E-state index is 11.9. The lowest BCUT2D eigenvalue weighted by molar-refractivity contribution is -0.122. The van der Waals surface area contributed by atoms with Gasteiger partial charge < -0.3 is 10.6 Å². The van der Waals surface area contributed by atoms with E-state index in [2.05, 4.69) is 25.8 Å². The van der Waals surface area contributed by atoms with Crippen molar-refractivity contribution < 1.29 is 9.59 Å². The lowest BCUT2D eigenvalue weighted by Gasteiger charge is -2.11. The van der Waals surface area contributed by atoms with Gasteiger partial charge in [0.2, 0.25) is 11.8 Å². The summed E-state index contributed by atoms with van der Waals surface area (Å²) in [5, 5.41) is 12.3. The van der Waals surface area contributed by atoms with Crippen molar-refractivity contribution in [1.82, 2.24) is 20.5 Å². The molecule has 22 heavy (non-hydrogen) atoms. The molecule has 1 aromatic heterocycles. The number of carbonyl (C=O) groups is 2. The molecule has 0 saturated carbocycles. The molecule has 2 rings (SSSR count). The molecule has 0 spiro atoms. The van der Waals surface area contributed by atoms with E-state index in [0.717, 1.165) is 16.8 Å². The Morgan fingerprint density at radius 3 is 2.59 bits per heavy atom. The van der Waals surface area contributed by atoms with Gasteiger partial charge in [0.15, 0.2) is 5.16 Å². The van der Waals surface area contributed by atoms with Gasteiger partial charge in [0, 0.05) is 5.69 Å². The zero-order valence-corrected chi connectivity index (χ0v) is 13.2. The number of H-pyrrole nitrogens is 1. The number of para-hydroxylation sites is 1. The Kier molecular flexibility index (Phi) is 5.54. The largest absolute Gasteiger partial charge is 0.346 e. The molecule has 0 radical (unpaired) electrons. The summed E-state index contributed by atoms with van der Waals surface area (Å²) in [7, 11) is 0. The van der Waals surface area contributed by atoms with Gasteiger partial charge in [-0.2, -0.15) is 5.10 Å². The molecule has 7 nitrogen and oxygen atoms in total. The van der Waals surface area contributed by atoms with Crippen molar-refractivity contribution in [2.45, 2.75) is 19.0 Å².